The number of carbonyl (C=O) groups is 2. The van der Waals surface area contributed by atoms with Gasteiger partial charge in [0.05, 0.1) is 19.1 Å². The van der Waals surface area contributed by atoms with Gasteiger partial charge in [-0.3, -0.25) is 9.59 Å². The van der Waals surface area contributed by atoms with E-state index >= 15 is 0 Å². The lowest BCUT2D eigenvalue weighted by Gasteiger charge is -2.36. The summed E-state index contributed by atoms with van der Waals surface area (Å²) in [6, 6.07) is 7.53. The van der Waals surface area contributed by atoms with Gasteiger partial charge in [-0.2, -0.15) is 0 Å². The lowest BCUT2D eigenvalue weighted by Crippen LogP contribution is -2.49. The molecule has 0 bridgehead atoms. The highest BCUT2D eigenvalue weighted by Gasteiger charge is 2.32. The maximum Gasteiger partial charge on any atom is 0.227 e. The van der Waals surface area contributed by atoms with Crippen LogP contribution in [0.4, 0.5) is 0 Å². The van der Waals surface area contributed by atoms with Crippen LogP contribution in [0.2, 0.25) is 5.02 Å². The Morgan fingerprint density at radius 1 is 1.32 bits per heavy atom. The summed E-state index contributed by atoms with van der Waals surface area (Å²) in [5, 5.41) is 3.45. The molecule has 5 nitrogen and oxygen atoms in total. The summed E-state index contributed by atoms with van der Waals surface area (Å²) in [4.78, 5) is 25.6. The summed E-state index contributed by atoms with van der Waals surface area (Å²) >= 11 is 5.90. The molecule has 1 aromatic rings. The Bertz CT molecular complexity index is 551. The van der Waals surface area contributed by atoms with E-state index in [-0.39, 0.29) is 23.8 Å². The average molecular weight is 323 g/mol. The molecule has 1 unspecified atom stereocenters. The standard InChI is InChI=1S/C16H19ClN2O3/c17-13-4-1-11(2-5-13)14-10-19(7-8-22-14)16(21)12-3-6-15(20)18-9-12/h1-2,4-5,12,14H,3,6-10H2,(H,18,20)/t12?,14-/m1/s1. The van der Waals surface area contributed by atoms with Gasteiger partial charge >= 0.3 is 0 Å². The molecule has 0 aliphatic carbocycles. The fraction of sp³-hybridized carbons (Fsp3) is 0.500. The molecule has 0 radical (unpaired) electrons. The van der Waals surface area contributed by atoms with Gasteiger partial charge in [0.1, 0.15) is 6.10 Å². The van der Waals surface area contributed by atoms with Crippen LogP contribution in [0, 0.1) is 5.92 Å². The van der Waals surface area contributed by atoms with E-state index < -0.39 is 0 Å². The summed E-state index contributed by atoms with van der Waals surface area (Å²) in [7, 11) is 0. The van der Waals surface area contributed by atoms with Gasteiger partial charge in [-0.1, -0.05) is 23.7 Å². The second-order valence-corrected chi connectivity index (χ2v) is 6.17. The molecule has 3 rings (SSSR count). The van der Waals surface area contributed by atoms with Crippen LogP contribution >= 0.6 is 11.6 Å². The Balaban J connectivity index is 1.63. The van der Waals surface area contributed by atoms with E-state index in [9.17, 15) is 9.59 Å². The third-order valence-electron chi connectivity index (χ3n) is 4.23. The molecule has 118 valence electrons. The molecule has 0 spiro atoms. The fourth-order valence-electron chi connectivity index (χ4n) is 2.93. The molecule has 2 atom stereocenters. The summed E-state index contributed by atoms with van der Waals surface area (Å²) in [5.41, 5.74) is 1.03. The number of nitrogens with one attached hydrogen (secondary N) is 1. The van der Waals surface area contributed by atoms with Crippen LogP contribution < -0.4 is 5.32 Å². The number of benzene rings is 1. The molecule has 1 aromatic carbocycles. The van der Waals surface area contributed by atoms with Crippen LogP contribution in [-0.2, 0) is 14.3 Å². The molecule has 2 amide bonds. The van der Waals surface area contributed by atoms with E-state index in [1.165, 1.54) is 0 Å². The van der Waals surface area contributed by atoms with Crippen molar-refractivity contribution in [2.45, 2.75) is 18.9 Å². The van der Waals surface area contributed by atoms with Crippen LogP contribution in [-0.4, -0.2) is 43.0 Å². The highest BCUT2D eigenvalue weighted by molar-refractivity contribution is 6.30. The molecule has 6 heteroatoms. The number of hydrogen-bond donors (Lipinski definition) is 1. The topological polar surface area (TPSA) is 58.6 Å². The first-order valence-corrected chi connectivity index (χ1v) is 7.94. The predicted octanol–water partition coefficient (Wildman–Crippen LogP) is 1.77. The van der Waals surface area contributed by atoms with Gasteiger partial charge in [0, 0.05) is 24.5 Å². The number of morpholine rings is 1. The number of ether oxygens (including phenoxy) is 1. The Kier molecular flexibility index (Phi) is 4.64. The number of hydrogen-bond acceptors (Lipinski definition) is 3. The van der Waals surface area contributed by atoms with Crippen LogP contribution in [0.3, 0.4) is 0 Å². The second kappa shape index (κ2) is 6.67. The number of rotatable bonds is 2. The van der Waals surface area contributed by atoms with Gasteiger partial charge < -0.3 is 15.0 Å². The third kappa shape index (κ3) is 3.42. The summed E-state index contributed by atoms with van der Waals surface area (Å²) in [5.74, 6) is 0.0361. The predicted molar refractivity (Wildman–Crippen MR) is 82.5 cm³/mol. The normalized spacial score (nSPS) is 25.7. The van der Waals surface area contributed by atoms with E-state index in [0.717, 1.165) is 5.56 Å². The minimum atomic E-state index is -0.117. The zero-order chi connectivity index (χ0) is 15.5. The molecule has 0 aromatic heterocycles. The van der Waals surface area contributed by atoms with Crippen LogP contribution in [0.15, 0.2) is 24.3 Å². The lowest BCUT2D eigenvalue weighted by atomic mass is 9.97. The molecular formula is C16H19ClN2O3. The first-order chi connectivity index (χ1) is 10.6. The largest absolute Gasteiger partial charge is 0.370 e. The van der Waals surface area contributed by atoms with Crippen molar-refractivity contribution in [2.75, 3.05) is 26.2 Å². The summed E-state index contributed by atoms with van der Waals surface area (Å²) in [6.07, 6.45) is 0.947. The van der Waals surface area contributed by atoms with Crippen molar-refractivity contribution >= 4 is 23.4 Å². The minimum Gasteiger partial charge on any atom is -0.370 e. The Morgan fingerprint density at radius 2 is 2.09 bits per heavy atom. The number of carbonyl (C=O) groups excluding carboxylic acids is 2. The monoisotopic (exact) mass is 322 g/mol. The van der Waals surface area contributed by atoms with Crippen molar-refractivity contribution in [3.63, 3.8) is 0 Å². The first kappa shape index (κ1) is 15.3. The van der Waals surface area contributed by atoms with Gasteiger partial charge in [0.2, 0.25) is 11.8 Å². The van der Waals surface area contributed by atoms with Crippen molar-refractivity contribution in [1.82, 2.24) is 10.2 Å². The SMILES string of the molecule is O=C1CCC(C(=O)N2CCO[C@@H](c3ccc(Cl)cc3)C2)CN1. The van der Waals surface area contributed by atoms with Crippen molar-refractivity contribution in [3.05, 3.63) is 34.9 Å². The zero-order valence-electron chi connectivity index (χ0n) is 12.3. The second-order valence-electron chi connectivity index (χ2n) is 5.73. The highest BCUT2D eigenvalue weighted by atomic mass is 35.5. The lowest BCUT2D eigenvalue weighted by molar-refractivity contribution is -0.144. The van der Waals surface area contributed by atoms with Gasteiger partial charge in [-0.25, -0.2) is 0 Å². The number of amides is 2. The van der Waals surface area contributed by atoms with E-state index in [1.807, 2.05) is 29.2 Å². The first-order valence-electron chi connectivity index (χ1n) is 7.56. The Labute approximate surface area is 134 Å². The van der Waals surface area contributed by atoms with Crippen molar-refractivity contribution < 1.29 is 14.3 Å². The maximum absolute atomic E-state index is 12.6. The molecule has 2 aliphatic rings. The van der Waals surface area contributed by atoms with E-state index in [0.29, 0.717) is 44.1 Å². The highest BCUT2D eigenvalue weighted by Crippen LogP contribution is 2.25. The Morgan fingerprint density at radius 3 is 2.77 bits per heavy atom. The van der Waals surface area contributed by atoms with Crippen molar-refractivity contribution in [1.29, 1.82) is 0 Å². The zero-order valence-corrected chi connectivity index (χ0v) is 13.0. The smallest absolute Gasteiger partial charge is 0.227 e. The molecule has 22 heavy (non-hydrogen) atoms. The van der Waals surface area contributed by atoms with E-state index in [1.54, 1.807) is 0 Å². The molecular weight excluding hydrogens is 304 g/mol. The van der Waals surface area contributed by atoms with Crippen LogP contribution in [0.1, 0.15) is 24.5 Å². The minimum absolute atomic E-state index is 0.0325. The summed E-state index contributed by atoms with van der Waals surface area (Å²) in [6.45, 7) is 2.12. The van der Waals surface area contributed by atoms with Gasteiger partial charge in [-0.05, 0) is 24.1 Å². The van der Waals surface area contributed by atoms with Crippen molar-refractivity contribution in [3.8, 4) is 0 Å². The van der Waals surface area contributed by atoms with Crippen LogP contribution in [0.5, 0.6) is 0 Å². The van der Waals surface area contributed by atoms with Gasteiger partial charge in [0.25, 0.3) is 0 Å². The molecule has 2 heterocycles. The quantitative estimate of drug-likeness (QED) is 0.902. The van der Waals surface area contributed by atoms with Crippen molar-refractivity contribution in [2.24, 2.45) is 5.92 Å². The average Bonchev–Trinajstić information content (AvgIpc) is 2.56. The number of nitrogens with zero attached hydrogens (tertiary/aromatic N) is 1. The summed E-state index contributed by atoms with van der Waals surface area (Å²) < 4.78 is 5.78. The molecule has 2 saturated heterocycles. The molecule has 2 aliphatic heterocycles. The fourth-order valence-corrected chi connectivity index (χ4v) is 3.06. The third-order valence-corrected chi connectivity index (χ3v) is 4.49. The number of halogens is 1. The Hall–Kier alpha value is -1.59. The van der Waals surface area contributed by atoms with Crippen LogP contribution in [0.25, 0.3) is 0 Å². The van der Waals surface area contributed by atoms with E-state index in [4.69, 9.17) is 16.3 Å². The van der Waals surface area contributed by atoms with Gasteiger partial charge in [0.15, 0.2) is 0 Å². The molecule has 0 saturated carbocycles. The number of piperidine rings is 1. The maximum atomic E-state index is 12.6. The molecule has 1 N–H and O–H groups in total. The van der Waals surface area contributed by atoms with Gasteiger partial charge in [-0.15, -0.1) is 0 Å². The van der Waals surface area contributed by atoms with E-state index in [2.05, 4.69) is 5.32 Å². The molecule has 2 fully saturated rings.